The standard InChI is InChI=1S/C19H19FO/c20-17-8-9-18-15(12-17)10-11-19(18,21)16-6-4-14(5-7-16)13-2-1-3-13/h4-9,12-13,21H,1-3,10-11H2. The van der Waals surface area contributed by atoms with E-state index in [4.69, 9.17) is 0 Å². The molecule has 0 amide bonds. The van der Waals surface area contributed by atoms with Crippen molar-refractivity contribution >= 4 is 0 Å². The Labute approximate surface area is 124 Å². The molecule has 1 nitrogen and oxygen atoms in total. The van der Waals surface area contributed by atoms with Crippen LogP contribution in [0.4, 0.5) is 4.39 Å². The molecule has 1 saturated carbocycles. The average molecular weight is 282 g/mol. The fourth-order valence-corrected chi connectivity index (χ4v) is 3.70. The molecule has 1 fully saturated rings. The minimum Gasteiger partial charge on any atom is -0.380 e. The molecule has 4 rings (SSSR count). The number of aliphatic hydroxyl groups is 1. The van der Waals surface area contributed by atoms with Crippen molar-refractivity contribution in [2.24, 2.45) is 0 Å². The summed E-state index contributed by atoms with van der Waals surface area (Å²) in [6.07, 6.45) is 5.26. The first-order chi connectivity index (χ1) is 10.2. The van der Waals surface area contributed by atoms with E-state index in [-0.39, 0.29) is 5.82 Å². The van der Waals surface area contributed by atoms with Crippen LogP contribution >= 0.6 is 0 Å². The van der Waals surface area contributed by atoms with Crippen molar-refractivity contribution in [3.63, 3.8) is 0 Å². The van der Waals surface area contributed by atoms with Crippen LogP contribution < -0.4 is 0 Å². The maximum atomic E-state index is 13.3. The van der Waals surface area contributed by atoms with Crippen LogP contribution in [0.15, 0.2) is 42.5 Å². The monoisotopic (exact) mass is 282 g/mol. The molecule has 0 bridgehead atoms. The van der Waals surface area contributed by atoms with Gasteiger partial charge in [-0.25, -0.2) is 4.39 Å². The Morgan fingerprint density at radius 1 is 1.05 bits per heavy atom. The van der Waals surface area contributed by atoms with E-state index in [1.54, 1.807) is 12.1 Å². The van der Waals surface area contributed by atoms with Crippen LogP contribution in [0.2, 0.25) is 0 Å². The van der Waals surface area contributed by atoms with E-state index in [0.717, 1.165) is 23.1 Å². The van der Waals surface area contributed by atoms with Crippen LogP contribution in [-0.2, 0) is 12.0 Å². The predicted molar refractivity (Wildman–Crippen MR) is 80.8 cm³/mol. The highest BCUT2D eigenvalue weighted by Crippen LogP contribution is 2.43. The maximum absolute atomic E-state index is 13.3. The second kappa shape index (κ2) is 4.67. The highest BCUT2D eigenvalue weighted by Gasteiger charge is 2.38. The van der Waals surface area contributed by atoms with Crippen LogP contribution in [-0.4, -0.2) is 5.11 Å². The Bertz CT molecular complexity index is 672. The number of benzene rings is 2. The second-order valence-electron chi connectivity index (χ2n) is 6.41. The summed E-state index contributed by atoms with van der Waals surface area (Å²) in [5, 5.41) is 11.1. The van der Waals surface area contributed by atoms with E-state index in [0.29, 0.717) is 12.3 Å². The molecule has 2 aliphatic rings. The van der Waals surface area contributed by atoms with Gasteiger partial charge in [0.25, 0.3) is 0 Å². The molecule has 0 spiro atoms. The first-order valence-corrected chi connectivity index (χ1v) is 7.78. The molecular formula is C19H19FO. The molecule has 0 aromatic heterocycles. The number of hydrogen-bond donors (Lipinski definition) is 1. The molecule has 2 aromatic carbocycles. The van der Waals surface area contributed by atoms with Crippen molar-refractivity contribution in [1.82, 2.24) is 0 Å². The Morgan fingerprint density at radius 2 is 1.81 bits per heavy atom. The van der Waals surface area contributed by atoms with E-state index in [9.17, 15) is 9.50 Å². The predicted octanol–water partition coefficient (Wildman–Crippen LogP) is 4.28. The molecule has 2 heteroatoms. The van der Waals surface area contributed by atoms with Crippen molar-refractivity contribution in [2.45, 2.75) is 43.6 Å². The van der Waals surface area contributed by atoms with Crippen molar-refractivity contribution < 1.29 is 9.50 Å². The zero-order valence-corrected chi connectivity index (χ0v) is 12.0. The molecule has 21 heavy (non-hydrogen) atoms. The van der Waals surface area contributed by atoms with Gasteiger partial charge in [0, 0.05) is 0 Å². The normalized spacial score (nSPS) is 24.7. The van der Waals surface area contributed by atoms with Gasteiger partial charge in [-0.1, -0.05) is 36.8 Å². The summed E-state index contributed by atoms with van der Waals surface area (Å²) in [6, 6.07) is 13.1. The number of halogens is 1. The van der Waals surface area contributed by atoms with Crippen molar-refractivity contribution in [2.75, 3.05) is 0 Å². The van der Waals surface area contributed by atoms with Gasteiger partial charge in [-0.3, -0.25) is 0 Å². The summed E-state index contributed by atoms with van der Waals surface area (Å²) < 4.78 is 13.3. The lowest BCUT2D eigenvalue weighted by molar-refractivity contribution is 0.0829. The van der Waals surface area contributed by atoms with Crippen molar-refractivity contribution in [3.8, 4) is 0 Å². The molecule has 0 heterocycles. The molecule has 0 radical (unpaired) electrons. The summed E-state index contributed by atoms with van der Waals surface area (Å²) in [7, 11) is 0. The van der Waals surface area contributed by atoms with Crippen LogP contribution in [0.1, 0.15) is 53.9 Å². The molecular weight excluding hydrogens is 263 g/mol. The van der Waals surface area contributed by atoms with Gasteiger partial charge in [0.05, 0.1) is 0 Å². The van der Waals surface area contributed by atoms with Gasteiger partial charge >= 0.3 is 0 Å². The zero-order valence-electron chi connectivity index (χ0n) is 12.0. The molecule has 0 aliphatic heterocycles. The molecule has 2 aliphatic carbocycles. The van der Waals surface area contributed by atoms with Crippen molar-refractivity contribution in [1.29, 1.82) is 0 Å². The first kappa shape index (κ1) is 13.0. The summed E-state index contributed by atoms with van der Waals surface area (Å²) >= 11 is 0. The van der Waals surface area contributed by atoms with Gasteiger partial charge in [0.15, 0.2) is 0 Å². The summed E-state index contributed by atoms with van der Waals surface area (Å²) in [6.45, 7) is 0. The summed E-state index contributed by atoms with van der Waals surface area (Å²) in [5.41, 5.74) is 3.14. The lowest BCUT2D eigenvalue weighted by Crippen LogP contribution is -2.24. The van der Waals surface area contributed by atoms with E-state index in [1.807, 2.05) is 12.1 Å². The van der Waals surface area contributed by atoms with Gasteiger partial charge in [-0.05, 0) is 66.0 Å². The lowest BCUT2D eigenvalue weighted by Gasteiger charge is -2.28. The van der Waals surface area contributed by atoms with Gasteiger partial charge in [0.1, 0.15) is 11.4 Å². The maximum Gasteiger partial charge on any atom is 0.123 e. The lowest BCUT2D eigenvalue weighted by atomic mass is 9.79. The Balaban J connectivity index is 1.70. The van der Waals surface area contributed by atoms with Crippen molar-refractivity contribution in [3.05, 3.63) is 70.5 Å². The highest BCUT2D eigenvalue weighted by atomic mass is 19.1. The summed E-state index contributed by atoms with van der Waals surface area (Å²) in [4.78, 5) is 0. The van der Waals surface area contributed by atoms with E-state index >= 15 is 0 Å². The van der Waals surface area contributed by atoms with Crippen LogP contribution in [0, 0.1) is 5.82 Å². The fraction of sp³-hybridized carbons (Fsp3) is 0.368. The van der Waals surface area contributed by atoms with Gasteiger partial charge in [0.2, 0.25) is 0 Å². The number of fused-ring (bicyclic) bond motifs is 1. The third-order valence-corrected chi connectivity index (χ3v) is 5.23. The van der Waals surface area contributed by atoms with E-state index in [1.165, 1.54) is 30.9 Å². The largest absolute Gasteiger partial charge is 0.380 e. The Morgan fingerprint density at radius 3 is 2.48 bits per heavy atom. The molecule has 1 atom stereocenters. The van der Waals surface area contributed by atoms with Crippen LogP contribution in [0.25, 0.3) is 0 Å². The quantitative estimate of drug-likeness (QED) is 0.872. The number of rotatable bonds is 2. The smallest absolute Gasteiger partial charge is 0.123 e. The summed E-state index contributed by atoms with van der Waals surface area (Å²) in [5.74, 6) is 0.483. The molecule has 0 saturated heterocycles. The zero-order chi connectivity index (χ0) is 14.4. The second-order valence-corrected chi connectivity index (χ2v) is 6.41. The third kappa shape index (κ3) is 2.01. The van der Waals surface area contributed by atoms with Gasteiger partial charge in [-0.15, -0.1) is 0 Å². The van der Waals surface area contributed by atoms with E-state index in [2.05, 4.69) is 12.1 Å². The topological polar surface area (TPSA) is 20.2 Å². The van der Waals surface area contributed by atoms with E-state index < -0.39 is 5.60 Å². The number of hydrogen-bond acceptors (Lipinski definition) is 1. The fourth-order valence-electron chi connectivity index (χ4n) is 3.70. The third-order valence-electron chi connectivity index (χ3n) is 5.23. The molecule has 1 unspecified atom stereocenters. The first-order valence-electron chi connectivity index (χ1n) is 7.78. The van der Waals surface area contributed by atoms with Crippen LogP contribution in [0.5, 0.6) is 0 Å². The minimum atomic E-state index is -0.957. The molecule has 108 valence electrons. The molecule has 1 N–H and O–H groups in total. The Hall–Kier alpha value is -1.67. The average Bonchev–Trinajstić information content (AvgIpc) is 2.76. The molecule has 2 aromatic rings. The van der Waals surface area contributed by atoms with Gasteiger partial charge < -0.3 is 5.11 Å². The highest BCUT2D eigenvalue weighted by molar-refractivity contribution is 5.46. The Kier molecular flexibility index (Phi) is 2.90. The van der Waals surface area contributed by atoms with Crippen LogP contribution in [0.3, 0.4) is 0 Å². The number of aryl methyl sites for hydroxylation is 1. The SMILES string of the molecule is OC1(c2ccc(C3CCC3)cc2)CCc2cc(F)ccc21. The van der Waals surface area contributed by atoms with Gasteiger partial charge in [-0.2, -0.15) is 0 Å². The minimum absolute atomic E-state index is 0.224.